The standard InChI is InChI=1S/C33H43N3O5S/c1-7-26(6)34-33(38)29(8-2)35(22-27-15-11-10-14-25(27)5)32(37)23-36(30-16-12-13-17-31(30)41-9-3)42(39,40)28-20-18-24(4)19-21-28/h10-21,26,29H,7-9,22-23H2,1-6H3,(H,34,38)/t26-,29+/m1/s1. The second-order valence-corrected chi connectivity index (χ2v) is 12.3. The van der Waals surface area contributed by atoms with Crippen molar-refractivity contribution in [3.8, 4) is 5.75 Å². The highest BCUT2D eigenvalue weighted by Crippen LogP contribution is 2.33. The molecule has 0 aliphatic carbocycles. The largest absolute Gasteiger partial charge is 0.492 e. The molecule has 226 valence electrons. The normalized spacial score (nSPS) is 12.7. The number of para-hydroxylation sites is 2. The highest BCUT2D eigenvalue weighted by atomic mass is 32.2. The Morgan fingerprint density at radius 3 is 2.14 bits per heavy atom. The van der Waals surface area contributed by atoms with Gasteiger partial charge in [0.1, 0.15) is 18.3 Å². The lowest BCUT2D eigenvalue weighted by atomic mass is 10.1. The molecular formula is C33H43N3O5S. The molecule has 2 amide bonds. The van der Waals surface area contributed by atoms with Crippen molar-refractivity contribution in [3.05, 3.63) is 89.5 Å². The summed E-state index contributed by atoms with van der Waals surface area (Å²) in [6.45, 7) is 11.3. The Balaban J connectivity index is 2.12. The molecule has 2 atom stereocenters. The molecule has 0 aromatic heterocycles. The zero-order chi connectivity index (χ0) is 30.9. The quantitative estimate of drug-likeness (QED) is 0.262. The molecule has 9 heteroatoms. The number of rotatable bonds is 14. The van der Waals surface area contributed by atoms with Gasteiger partial charge in [-0.3, -0.25) is 13.9 Å². The van der Waals surface area contributed by atoms with E-state index in [9.17, 15) is 18.0 Å². The molecule has 0 spiro atoms. The van der Waals surface area contributed by atoms with E-state index in [0.717, 1.165) is 27.4 Å². The van der Waals surface area contributed by atoms with E-state index in [0.29, 0.717) is 18.8 Å². The maximum Gasteiger partial charge on any atom is 0.264 e. The number of carbonyl (C=O) groups is 2. The van der Waals surface area contributed by atoms with Crippen LogP contribution in [0.25, 0.3) is 0 Å². The minimum atomic E-state index is -4.19. The Bertz CT molecular complexity index is 1460. The lowest BCUT2D eigenvalue weighted by molar-refractivity contribution is -0.140. The molecule has 0 saturated carbocycles. The van der Waals surface area contributed by atoms with Crippen LogP contribution < -0.4 is 14.4 Å². The van der Waals surface area contributed by atoms with Crippen molar-refractivity contribution in [2.75, 3.05) is 17.5 Å². The van der Waals surface area contributed by atoms with Gasteiger partial charge >= 0.3 is 0 Å². The molecule has 0 bridgehead atoms. The minimum absolute atomic E-state index is 0.0548. The third-order valence-electron chi connectivity index (χ3n) is 7.31. The van der Waals surface area contributed by atoms with Crippen LogP contribution in [0.1, 0.15) is 57.2 Å². The Morgan fingerprint density at radius 2 is 1.52 bits per heavy atom. The monoisotopic (exact) mass is 593 g/mol. The number of benzene rings is 3. The molecule has 0 radical (unpaired) electrons. The summed E-state index contributed by atoms with van der Waals surface area (Å²) in [4.78, 5) is 29.3. The number of amides is 2. The number of anilines is 1. The van der Waals surface area contributed by atoms with Crippen molar-refractivity contribution in [1.29, 1.82) is 0 Å². The van der Waals surface area contributed by atoms with Crippen LogP contribution in [0, 0.1) is 13.8 Å². The fourth-order valence-electron chi connectivity index (χ4n) is 4.62. The van der Waals surface area contributed by atoms with Crippen molar-refractivity contribution in [3.63, 3.8) is 0 Å². The SMILES string of the molecule is CCOc1ccccc1N(CC(=O)N(Cc1ccccc1C)[C@@H](CC)C(=O)N[C@H](C)CC)S(=O)(=O)c1ccc(C)cc1. The molecule has 3 aromatic carbocycles. The lowest BCUT2D eigenvalue weighted by Crippen LogP contribution is -2.53. The fourth-order valence-corrected chi connectivity index (χ4v) is 6.05. The zero-order valence-electron chi connectivity index (χ0n) is 25.5. The molecular weight excluding hydrogens is 550 g/mol. The summed E-state index contributed by atoms with van der Waals surface area (Å²) in [6.07, 6.45) is 1.10. The van der Waals surface area contributed by atoms with Gasteiger partial charge in [-0.2, -0.15) is 0 Å². The van der Waals surface area contributed by atoms with Gasteiger partial charge in [-0.25, -0.2) is 8.42 Å². The van der Waals surface area contributed by atoms with Gasteiger partial charge < -0.3 is 15.0 Å². The van der Waals surface area contributed by atoms with Gasteiger partial charge in [-0.1, -0.05) is 67.9 Å². The third-order valence-corrected chi connectivity index (χ3v) is 9.08. The van der Waals surface area contributed by atoms with Crippen LogP contribution in [0.15, 0.2) is 77.7 Å². The summed E-state index contributed by atoms with van der Waals surface area (Å²) in [5.74, 6) is -0.418. The van der Waals surface area contributed by atoms with Crippen molar-refractivity contribution in [2.45, 2.75) is 77.9 Å². The number of hydrogen-bond donors (Lipinski definition) is 1. The van der Waals surface area contributed by atoms with E-state index in [-0.39, 0.29) is 29.1 Å². The van der Waals surface area contributed by atoms with Crippen LogP contribution in [-0.2, 0) is 26.2 Å². The molecule has 42 heavy (non-hydrogen) atoms. The van der Waals surface area contributed by atoms with Gasteiger partial charge in [0.2, 0.25) is 11.8 Å². The maximum absolute atomic E-state index is 14.3. The highest BCUT2D eigenvalue weighted by molar-refractivity contribution is 7.92. The summed E-state index contributed by atoms with van der Waals surface area (Å²) in [6, 6.07) is 20.1. The van der Waals surface area contributed by atoms with Gasteiger partial charge in [0.05, 0.1) is 17.2 Å². The second-order valence-electron chi connectivity index (χ2n) is 10.4. The molecule has 0 saturated heterocycles. The molecule has 8 nitrogen and oxygen atoms in total. The predicted molar refractivity (Wildman–Crippen MR) is 167 cm³/mol. The number of hydrogen-bond acceptors (Lipinski definition) is 5. The van der Waals surface area contributed by atoms with Crippen molar-refractivity contribution >= 4 is 27.5 Å². The summed E-state index contributed by atoms with van der Waals surface area (Å²) in [7, 11) is -4.19. The average molecular weight is 594 g/mol. The van der Waals surface area contributed by atoms with Crippen molar-refractivity contribution in [1.82, 2.24) is 10.2 Å². The van der Waals surface area contributed by atoms with Gasteiger partial charge in [-0.15, -0.1) is 0 Å². The first-order valence-corrected chi connectivity index (χ1v) is 15.9. The van der Waals surface area contributed by atoms with Gasteiger partial charge in [0, 0.05) is 12.6 Å². The second kappa shape index (κ2) is 14.9. The lowest BCUT2D eigenvalue weighted by Gasteiger charge is -2.34. The van der Waals surface area contributed by atoms with Crippen LogP contribution in [0.2, 0.25) is 0 Å². The van der Waals surface area contributed by atoms with E-state index >= 15 is 0 Å². The van der Waals surface area contributed by atoms with Crippen LogP contribution >= 0.6 is 0 Å². The van der Waals surface area contributed by atoms with Crippen molar-refractivity contribution < 1.29 is 22.7 Å². The number of aryl methyl sites for hydroxylation is 2. The first-order chi connectivity index (χ1) is 20.0. The fraction of sp³-hybridized carbons (Fsp3) is 0.394. The van der Waals surface area contributed by atoms with Crippen LogP contribution in [0.5, 0.6) is 5.75 Å². The highest BCUT2D eigenvalue weighted by Gasteiger charge is 2.35. The van der Waals surface area contributed by atoms with E-state index in [1.807, 2.05) is 65.8 Å². The topological polar surface area (TPSA) is 96.0 Å². The van der Waals surface area contributed by atoms with Crippen LogP contribution in [0.4, 0.5) is 5.69 Å². The van der Waals surface area contributed by atoms with Crippen molar-refractivity contribution in [2.24, 2.45) is 0 Å². The zero-order valence-corrected chi connectivity index (χ0v) is 26.3. The Hall–Kier alpha value is -3.85. The minimum Gasteiger partial charge on any atom is -0.492 e. The number of nitrogens with one attached hydrogen (secondary N) is 1. The average Bonchev–Trinajstić information content (AvgIpc) is 2.97. The van der Waals surface area contributed by atoms with E-state index < -0.39 is 28.5 Å². The Morgan fingerprint density at radius 1 is 0.881 bits per heavy atom. The molecule has 0 fully saturated rings. The first kappa shape index (κ1) is 32.7. The Labute approximate surface area is 250 Å². The van der Waals surface area contributed by atoms with E-state index in [1.165, 1.54) is 17.0 Å². The summed E-state index contributed by atoms with van der Waals surface area (Å²) >= 11 is 0. The van der Waals surface area contributed by atoms with Crippen LogP contribution in [-0.4, -0.2) is 50.4 Å². The number of nitrogens with zero attached hydrogens (tertiary/aromatic N) is 2. The molecule has 0 heterocycles. The molecule has 3 rings (SSSR count). The summed E-state index contributed by atoms with van der Waals surface area (Å²) < 4.78 is 35.2. The van der Waals surface area contributed by atoms with E-state index in [4.69, 9.17) is 4.74 Å². The molecule has 0 aliphatic rings. The van der Waals surface area contributed by atoms with E-state index in [2.05, 4.69) is 5.32 Å². The first-order valence-electron chi connectivity index (χ1n) is 14.5. The summed E-state index contributed by atoms with van der Waals surface area (Å²) in [5.41, 5.74) is 3.01. The van der Waals surface area contributed by atoms with Gasteiger partial charge in [0.25, 0.3) is 10.0 Å². The summed E-state index contributed by atoms with van der Waals surface area (Å²) in [5, 5.41) is 3.00. The third kappa shape index (κ3) is 7.91. The maximum atomic E-state index is 14.3. The van der Waals surface area contributed by atoms with Gasteiger partial charge in [0.15, 0.2) is 0 Å². The van der Waals surface area contributed by atoms with E-state index in [1.54, 1.807) is 36.4 Å². The molecule has 0 aliphatic heterocycles. The Kier molecular flexibility index (Phi) is 11.6. The molecule has 3 aromatic rings. The number of carbonyl (C=O) groups excluding carboxylic acids is 2. The predicted octanol–water partition coefficient (Wildman–Crippen LogP) is 5.62. The smallest absolute Gasteiger partial charge is 0.264 e. The number of ether oxygens (including phenoxy) is 1. The molecule has 1 N–H and O–H groups in total. The van der Waals surface area contributed by atoms with Crippen LogP contribution in [0.3, 0.4) is 0 Å². The number of sulfonamides is 1. The van der Waals surface area contributed by atoms with Gasteiger partial charge in [-0.05, 0) is 75.9 Å². The molecule has 0 unspecified atom stereocenters.